The Morgan fingerprint density at radius 1 is 1.28 bits per heavy atom. The highest BCUT2D eigenvalue weighted by Gasteiger charge is 2.31. The van der Waals surface area contributed by atoms with Crippen LogP contribution in [0, 0.1) is 0 Å². The third kappa shape index (κ3) is 3.39. The number of carbonyl (C=O) groups is 1. The van der Waals surface area contributed by atoms with E-state index in [1.165, 1.54) is 10.5 Å². The van der Waals surface area contributed by atoms with E-state index >= 15 is 0 Å². The summed E-state index contributed by atoms with van der Waals surface area (Å²) in [6.45, 7) is 2.20. The minimum Gasteiger partial charge on any atom is -0.352 e. The smallest absolute Gasteiger partial charge is 0.245 e. The molecule has 25 heavy (non-hydrogen) atoms. The number of H-pyrrole nitrogens is 1. The Bertz CT molecular complexity index is 882. The van der Waals surface area contributed by atoms with E-state index < -0.39 is 10.0 Å². The fourth-order valence-electron chi connectivity index (χ4n) is 3.12. The van der Waals surface area contributed by atoms with Crippen LogP contribution in [0.2, 0.25) is 0 Å². The molecule has 1 aliphatic heterocycles. The molecule has 1 saturated heterocycles. The maximum absolute atomic E-state index is 12.9. The zero-order valence-corrected chi connectivity index (χ0v) is 14.6. The van der Waals surface area contributed by atoms with Crippen molar-refractivity contribution < 1.29 is 13.2 Å². The summed E-state index contributed by atoms with van der Waals surface area (Å²) in [6.07, 6.45) is 5.26. The molecule has 2 fully saturated rings. The molecule has 0 aromatic carbocycles. The molecule has 1 aliphatic carbocycles. The summed E-state index contributed by atoms with van der Waals surface area (Å²) in [5.74, 6) is 0.0292. The molecular weight excluding hydrogens is 342 g/mol. The standard InChI is InChI=1S/C16H21N5O3S/c22-15(19-12-3-4-12)11-20-6-8-21(9-7-20)25(23,24)14-10-18-16-13(14)2-1-5-17-16/h1-2,5,10,12H,3-4,6-9,11H2,(H,17,18)(H,19,22). The summed E-state index contributed by atoms with van der Waals surface area (Å²) in [4.78, 5) is 21.2. The number of piperazine rings is 1. The number of amides is 1. The van der Waals surface area contributed by atoms with Crippen LogP contribution in [-0.2, 0) is 14.8 Å². The second kappa shape index (κ2) is 6.40. The molecule has 3 heterocycles. The first-order chi connectivity index (χ1) is 12.0. The van der Waals surface area contributed by atoms with E-state index in [4.69, 9.17) is 0 Å². The Labute approximate surface area is 146 Å². The second-order valence-electron chi connectivity index (χ2n) is 6.57. The lowest BCUT2D eigenvalue weighted by atomic mass is 10.3. The van der Waals surface area contributed by atoms with Crippen LogP contribution in [0.3, 0.4) is 0 Å². The molecule has 134 valence electrons. The predicted octanol–water partition coefficient (Wildman–Crippen LogP) is 0.148. The molecule has 0 radical (unpaired) electrons. The molecule has 2 aliphatic rings. The maximum Gasteiger partial charge on any atom is 0.245 e. The van der Waals surface area contributed by atoms with Crippen molar-refractivity contribution >= 4 is 27.0 Å². The first-order valence-electron chi connectivity index (χ1n) is 8.48. The molecule has 0 atom stereocenters. The number of hydrogen-bond donors (Lipinski definition) is 2. The van der Waals surface area contributed by atoms with E-state index in [1.54, 1.807) is 18.3 Å². The van der Waals surface area contributed by atoms with Gasteiger partial charge in [-0.1, -0.05) is 0 Å². The number of aromatic amines is 1. The van der Waals surface area contributed by atoms with Crippen molar-refractivity contribution in [2.75, 3.05) is 32.7 Å². The normalized spacial score (nSPS) is 20.0. The summed E-state index contributed by atoms with van der Waals surface area (Å²) in [5.41, 5.74) is 0.566. The monoisotopic (exact) mass is 363 g/mol. The van der Waals surface area contributed by atoms with Gasteiger partial charge in [-0.2, -0.15) is 4.31 Å². The van der Waals surface area contributed by atoms with Crippen molar-refractivity contribution in [1.82, 2.24) is 24.5 Å². The number of aromatic nitrogens is 2. The van der Waals surface area contributed by atoms with Gasteiger partial charge in [0.15, 0.2) is 0 Å². The van der Waals surface area contributed by atoms with Crippen molar-refractivity contribution in [2.45, 2.75) is 23.8 Å². The van der Waals surface area contributed by atoms with Crippen molar-refractivity contribution in [3.05, 3.63) is 24.5 Å². The number of fused-ring (bicyclic) bond motifs is 1. The van der Waals surface area contributed by atoms with Gasteiger partial charge in [-0.15, -0.1) is 0 Å². The van der Waals surface area contributed by atoms with Crippen molar-refractivity contribution in [3.8, 4) is 0 Å². The zero-order valence-electron chi connectivity index (χ0n) is 13.8. The van der Waals surface area contributed by atoms with Gasteiger partial charge < -0.3 is 10.3 Å². The first kappa shape index (κ1) is 16.5. The van der Waals surface area contributed by atoms with Gasteiger partial charge in [-0.05, 0) is 25.0 Å². The molecule has 9 heteroatoms. The van der Waals surface area contributed by atoms with Gasteiger partial charge in [0.05, 0.1) is 6.54 Å². The first-order valence-corrected chi connectivity index (χ1v) is 9.92. The molecule has 2 N–H and O–H groups in total. The van der Waals surface area contributed by atoms with Crippen LogP contribution in [-0.4, -0.2) is 72.3 Å². The quantitative estimate of drug-likeness (QED) is 0.788. The highest BCUT2D eigenvalue weighted by atomic mass is 32.2. The average Bonchev–Trinajstić information content (AvgIpc) is 3.29. The van der Waals surface area contributed by atoms with Gasteiger partial charge in [0, 0.05) is 50.0 Å². The van der Waals surface area contributed by atoms with E-state index in [1.807, 2.05) is 4.90 Å². The fraction of sp³-hybridized carbons (Fsp3) is 0.500. The third-order valence-corrected chi connectivity index (χ3v) is 6.61. The summed E-state index contributed by atoms with van der Waals surface area (Å²) in [5, 5.41) is 3.57. The number of hydrogen-bond acceptors (Lipinski definition) is 5. The summed E-state index contributed by atoms with van der Waals surface area (Å²) >= 11 is 0. The molecule has 4 rings (SSSR count). The third-order valence-electron chi connectivity index (χ3n) is 4.67. The average molecular weight is 363 g/mol. The van der Waals surface area contributed by atoms with E-state index in [9.17, 15) is 13.2 Å². The number of rotatable bonds is 5. The highest BCUT2D eigenvalue weighted by molar-refractivity contribution is 7.89. The Balaban J connectivity index is 1.41. The fourth-order valence-corrected chi connectivity index (χ4v) is 4.69. The molecule has 0 unspecified atom stereocenters. The number of carbonyl (C=O) groups excluding carboxylic acids is 1. The molecular formula is C16H21N5O3S. The van der Waals surface area contributed by atoms with Gasteiger partial charge in [0.2, 0.25) is 15.9 Å². The molecule has 1 amide bonds. The Morgan fingerprint density at radius 2 is 2.04 bits per heavy atom. The number of nitrogens with one attached hydrogen (secondary N) is 2. The lowest BCUT2D eigenvalue weighted by molar-refractivity contribution is -0.122. The second-order valence-corrected chi connectivity index (χ2v) is 8.48. The van der Waals surface area contributed by atoms with E-state index in [2.05, 4.69) is 15.3 Å². The van der Waals surface area contributed by atoms with Crippen LogP contribution in [0.5, 0.6) is 0 Å². The Hall–Kier alpha value is -1.97. The number of nitrogens with zero attached hydrogens (tertiary/aromatic N) is 3. The molecule has 2 aromatic heterocycles. The van der Waals surface area contributed by atoms with Gasteiger partial charge in [0.25, 0.3) is 0 Å². The molecule has 1 saturated carbocycles. The topological polar surface area (TPSA) is 98.4 Å². The van der Waals surface area contributed by atoms with Crippen molar-refractivity contribution in [1.29, 1.82) is 0 Å². The van der Waals surface area contributed by atoms with Gasteiger partial charge in [0.1, 0.15) is 10.5 Å². The number of pyridine rings is 1. The van der Waals surface area contributed by atoms with Crippen LogP contribution in [0.15, 0.2) is 29.4 Å². The van der Waals surface area contributed by atoms with E-state index in [0.717, 1.165) is 12.8 Å². The molecule has 0 bridgehead atoms. The minimum absolute atomic E-state index is 0.0292. The Kier molecular flexibility index (Phi) is 4.22. The molecule has 8 nitrogen and oxygen atoms in total. The van der Waals surface area contributed by atoms with Crippen LogP contribution in [0.25, 0.3) is 11.0 Å². The van der Waals surface area contributed by atoms with Crippen LogP contribution in [0.4, 0.5) is 0 Å². The summed E-state index contributed by atoms with van der Waals surface area (Å²) in [6, 6.07) is 3.83. The SMILES string of the molecule is O=C(CN1CCN(S(=O)(=O)c2c[nH]c3ncccc23)CC1)NC1CC1. The predicted molar refractivity (Wildman–Crippen MR) is 92.5 cm³/mol. The lowest BCUT2D eigenvalue weighted by Crippen LogP contribution is -2.51. The Morgan fingerprint density at radius 3 is 2.76 bits per heavy atom. The molecule has 2 aromatic rings. The highest BCUT2D eigenvalue weighted by Crippen LogP contribution is 2.25. The van der Waals surface area contributed by atoms with Crippen LogP contribution < -0.4 is 5.32 Å². The van der Waals surface area contributed by atoms with Crippen LogP contribution in [0.1, 0.15) is 12.8 Å². The van der Waals surface area contributed by atoms with Crippen LogP contribution >= 0.6 is 0 Å². The minimum atomic E-state index is -3.57. The van der Waals surface area contributed by atoms with Gasteiger partial charge in [-0.25, -0.2) is 13.4 Å². The lowest BCUT2D eigenvalue weighted by Gasteiger charge is -2.33. The largest absolute Gasteiger partial charge is 0.352 e. The maximum atomic E-state index is 12.9. The van der Waals surface area contributed by atoms with Gasteiger partial charge in [-0.3, -0.25) is 9.69 Å². The zero-order chi connectivity index (χ0) is 17.4. The number of sulfonamides is 1. The van der Waals surface area contributed by atoms with E-state index in [-0.39, 0.29) is 10.8 Å². The van der Waals surface area contributed by atoms with Crippen molar-refractivity contribution in [2.24, 2.45) is 0 Å². The summed E-state index contributed by atoms with van der Waals surface area (Å²) < 4.78 is 27.3. The van der Waals surface area contributed by atoms with E-state index in [0.29, 0.717) is 49.8 Å². The summed E-state index contributed by atoms with van der Waals surface area (Å²) in [7, 11) is -3.57. The van der Waals surface area contributed by atoms with Gasteiger partial charge >= 0.3 is 0 Å². The molecule has 0 spiro atoms. The van der Waals surface area contributed by atoms with Crippen molar-refractivity contribution in [3.63, 3.8) is 0 Å².